The van der Waals surface area contributed by atoms with E-state index in [1.54, 1.807) is 0 Å². The van der Waals surface area contributed by atoms with Crippen molar-refractivity contribution in [2.45, 2.75) is 142 Å². The van der Waals surface area contributed by atoms with Crippen LogP contribution < -0.4 is 34.0 Å². The van der Waals surface area contributed by atoms with Crippen LogP contribution in [-0.4, -0.2) is 63.3 Å². The zero-order chi connectivity index (χ0) is 24.0. The van der Waals surface area contributed by atoms with Gasteiger partial charge in [0.25, 0.3) is 0 Å². The van der Waals surface area contributed by atoms with Gasteiger partial charge < -0.3 is 42.9 Å². The van der Waals surface area contributed by atoms with Gasteiger partial charge in [0.05, 0.1) is 41.3 Å². The van der Waals surface area contributed by atoms with Gasteiger partial charge in [-0.3, -0.25) is 0 Å². The van der Waals surface area contributed by atoms with Crippen molar-refractivity contribution in [3.63, 3.8) is 0 Å². The van der Waals surface area contributed by atoms with Crippen molar-refractivity contribution in [3.8, 4) is 0 Å². The van der Waals surface area contributed by atoms with Crippen LogP contribution in [0.4, 0.5) is 0 Å². The monoisotopic (exact) mass is 612 g/mol. The third-order valence-corrected chi connectivity index (χ3v) is 7.54. The number of likely N-dealkylation sites (N-methyl/N-ethyl adjacent to an activating group) is 2. The summed E-state index contributed by atoms with van der Waals surface area (Å²) in [4.78, 5) is 0. The summed E-state index contributed by atoms with van der Waals surface area (Å²) in [6.07, 6.45) is 28.8. The van der Waals surface area contributed by atoms with Crippen molar-refractivity contribution in [2.24, 2.45) is 0 Å². The van der Waals surface area contributed by atoms with E-state index < -0.39 is 0 Å². The quantitative estimate of drug-likeness (QED) is 0.110. The van der Waals surface area contributed by atoms with Gasteiger partial charge >= 0.3 is 0 Å². The molecule has 0 aliphatic rings. The summed E-state index contributed by atoms with van der Waals surface area (Å²) >= 11 is 0. The molecule has 0 atom stereocenters. The number of unbranched alkanes of at least 4 members (excludes halogenated alkanes) is 18. The third-order valence-electron chi connectivity index (χ3n) is 7.54. The van der Waals surface area contributed by atoms with Gasteiger partial charge in [-0.2, -0.15) is 0 Å². The zero-order valence-corrected chi connectivity index (χ0v) is 27.8. The molecule has 210 valence electrons. The Hall–Kier alpha value is 0.880. The molecule has 34 heavy (non-hydrogen) atoms. The van der Waals surface area contributed by atoms with Gasteiger partial charge in [0.1, 0.15) is 13.1 Å². The van der Waals surface area contributed by atoms with Gasteiger partial charge in [0.15, 0.2) is 0 Å². The van der Waals surface area contributed by atoms with Crippen LogP contribution >= 0.6 is 0 Å². The largest absolute Gasteiger partial charge is 1.00 e. The Labute approximate surface area is 238 Å². The van der Waals surface area contributed by atoms with E-state index in [0.717, 1.165) is 0 Å². The number of quaternary nitrogens is 2. The van der Waals surface area contributed by atoms with Crippen molar-refractivity contribution >= 4 is 0 Å². The maximum absolute atomic E-state index is 2.45. The fourth-order valence-corrected chi connectivity index (χ4v) is 4.82. The van der Waals surface area contributed by atoms with Crippen LogP contribution in [0.15, 0.2) is 0 Å². The number of nitrogens with zero attached hydrogens (tertiary/aromatic N) is 2. The Kier molecular flexibility index (Phi) is 31.2. The average molecular weight is 615 g/mol. The minimum Gasteiger partial charge on any atom is -1.00 e. The molecule has 0 N–H and O–H groups in total. The van der Waals surface area contributed by atoms with E-state index in [0.29, 0.717) is 0 Å². The minimum atomic E-state index is 0. The second kappa shape index (κ2) is 26.9. The lowest BCUT2D eigenvalue weighted by molar-refractivity contribution is -0.946. The summed E-state index contributed by atoms with van der Waals surface area (Å²) in [5.74, 6) is 0. The summed E-state index contributed by atoms with van der Waals surface area (Å²) in [6.45, 7) is 9.96. The molecule has 0 bridgehead atoms. The van der Waals surface area contributed by atoms with Gasteiger partial charge in [0, 0.05) is 0 Å². The predicted octanol–water partition coefficient (Wildman–Crippen LogP) is 2.99. The first-order chi connectivity index (χ1) is 15.3. The molecule has 0 saturated heterocycles. The number of halogens is 2. The van der Waals surface area contributed by atoms with E-state index in [4.69, 9.17) is 0 Å². The maximum atomic E-state index is 2.45. The lowest BCUT2D eigenvalue weighted by Gasteiger charge is -2.36. The molecule has 0 aromatic rings. The van der Waals surface area contributed by atoms with E-state index in [-0.39, 0.29) is 34.0 Å². The van der Waals surface area contributed by atoms with Crippen LogP contribution in [0.5, 0.6) is 0 Å². The molecule has 0 aliphatic heterocycles. The smallest absolute Gasteiger partial charge is 0.128 e. The van der Waals surface area contributed by atoms with Crippen LogP contribution in [0.25, 0.3) is 0 Å². The van der Waals surface area contributed by atoms with Gasteiger partial charge in [-0.1, -0.05) is 117 Å². The van der Waals surface area contributed by atoms with Crippen LogP contribution in [-0.2, 0) is 0 Å². The van der Waals surface area contributed by atoms with Gasteiger partial charge in [-0.25, -0.2) is 0 Å². The molecular formula is C30H66Br2N2. The van der Waals surface area contributed by atoms with Crippen molar-refractivity contribution in [3.05, 3.63) is 0 Å². The van der Waals surface area contributed by atoms with Gasteiger partial charge in [0.2, 0.25) is 0 Å². The van der Waals surface area contributed by atoms with Crippen LogP contribution in [0.3, 0.4) is 0 Å². The summed E-state index contributed by atoms with van der Waals surface area (Å²) in [5.41, 5.74) is 0. The first-order valence-corrected chi connectivity index (χ1v) is 15.0. The number of hydrogen-bond donors (Lipinski definition) is 0. The van der Waals surface area contributed by atoms with E-state index in [2.05, 4.69) is 42.0 Å². The summed E-state index contributed by atoms with van der Waals surface area (Å²) in [5, 5.41) is 0. The topological polar surface area (TPSA) is 0 Å². The molecule has 0 rings (SSSR count). The molecule has 0 amide bonds. The fourth-order valence-electron chi connectivity index (χ4n) is 4.82. The summed E-state index contributed by atoms with van der Waals surface area (Å²) < 4.78 is 2.41. The first kappa shape index (κ1) is 39.4. The molecule has 2 nitrogen and oxygen atoms in total. The van der Waals surface area contributed by atoms with Crippen LogP contribution in [0.2, 0.25) is 0 Å². The summed E-state index contributed by atoms with van der Waals surface area (Å²) in [6, 6.07) is 0. The Morgan fingerprint density at radius 3 is 0.735 bits per heavy atom. The number of rotatable bonds is 25. The second-order valence-corrected chi connectivity index (χ2v) is 12.1. The highest BCUT2D eigenvalue weighted by Gasteiger charge is 2.22. The molecule has 0 unspecified atom stereocenters. The van der Waals surface area contributed by atoms with Crippen molar-refractivity contribution in [1.29, 1.82) is 0 Å². The maximum Gasteiger partial charge on any atom is 0.128 e. The third kappa shape index (κ3) is 29.1. The highest BCUT2D eigenvalue weighted by atomic mass is 79.9. The molecular weight excluding hydrogens is 548 g/mol. The Balaban J connectivity index is -0.00000480. The SMILES string of the molecule is CCCCCCCCCCCC[N+](C)(C)CC[N+](C)(C)CCCCCCCCCCCC.[Br-].[Br-]. The van der Waals surface area contributed by atoms with Crippen LogP contribution in [0.1, 0.15) is 142 Å². The zero-order valence-electron chi connectivity index (χ0n) is 24.6. The molecule has 0 aromatic heterocycles. The summed E-state index contributed by atoms with van der Waals surface area (Å²) in [7, 11) is 9.81. The lowest BCUT2D eigenvalue weighted by atomic mass is 10.1. The van der Waals surface area contributed by atoms with E-state index in [9.17, 15) is 0 Å². The molecule has 0 aliphatic carbocycles. The average Bonchev–Trinajstić information content (AvgIpc) is 2.75. The van der Waals surface area contributed by atoms with Gasteiger partial charge in [-0.15, -0.1) is 0 Å². The Morgan fingerprint density at radius 1 is 0.294 bits per heavy atom. The van der Waals surface area contributed by atoms with E-state index >= 15 is 0 Å². The fraction of sp³-hybridized carbons (Fsp3) is 1.00. The molecule has 4 heteroatoms. The van der Waals surface area contributed by atoms with Crippen molar-refractivity contribution in [2.75, 3.05) is 54.4 Å². The van der Waals surface area contributed by atoms with Crippen molar-refractivity contribution < 1.29 is 42.9 Å². The molecule has 0 heterocycles. The Bertz CT molecular complexity index is 350. The van der Waals surface area contributed by atoms with Crippen molar-refractivity contribution in [1.82, 2.24) is 0 Å². The first-order valence-electron chi connectivity index (χ1n) is 15.0. The molecule has 0 radical (unpaired) electrons. The standard InChI is InChI=1S/C30H66N2.2BrH/c1-7-9-11-13-15-17-19-21-23-25-27-31(3,4)29-30-32(5,6)28-26-24-22-20-18-16-14-12-10-8-2;;/h7-30H2,1-6H3;2*1H/q+2;;/p-2. The molecule has 0 saturated carbocycles. The van der Waals surface area contributed by atoms with E-state index in [1.165, 1.54) is 164 Å². The second-order valence-electron chi connectivity index (χ2n) is 12.1. The highest BCUT2D eigenvalue weighted by molar-refractivity contribution is 4.49. The minimum absolute atomic E-state index is 0. The lowest BCUT2D eigenvalue weighted by Crippen LogP contribution is -3.00. The molecule has 0 spiro atoms. The highest BCUT2D eigenvalue weighted by Crippen LogP contribution is 2.14. The number of hydrogen-bond acceptors (Lipinski definition) is 0. The van der Waals surface area contributed by atoms with E-state index in [1.807, 2.05) is 0 Å². The molecule has 0 fully saturated rings. The molecule has 0 aromatic carbocycles. The Morgan fingerprint density at radius 2 is 0.500 bits per heavy atom. The predicted molar refractivity (Wildman–Crippen MR) is 147 cm³/mol. The normalized spacial score (nSPS) is 11.8. The van der Waals surface area contributed by atoms with Gasteiger partial charge in [-0.05, 0) is 25.7 Å². The van der Waals surface area contributed by atoms with Crippen LogP contribution in [0, 0.1) is 0 Å².